The number of hydrogen-bond acceptors (Lipinski definition) is 2. The van der Waals surface area contributed by atoms with Crippen LogP contribution in [0.3, 0.4) is 0 Å². The summed E-state index contributed by atoms with van der Waals surface area (Å²) in [6.45, 7) is 2.13. The molecule has 1 aromatic carbocycles. The van der Waals surface area contributed by atoms with Crippen molar-refractivity contribution < 1.29 is 44.6 Å². The van der Waals surface area contributed by atoms with Gasteiger partial charge in [-0.1, -0.05) is 50.1 Å². The summed E-state index contributed by atoms with van der Waals surface area (Å²) in [6.07, 6.45) is 5.00. The molecule has 0 fully saturated rings. The van der Waals surface area contributed by atoms with Crippen LogP contribution in [0.2, 0.25) is 0 Å². The summed E-state index contributed by atoms with van der Waals surface area (Å²) in [7, 11) is 0. The van der Waals surface area contributed by atoms with Crippen molar-refractivity contribution in [2.24, 2.45) is 0 Å². The molecular formula is C13H17NaO3. The Labute approximate surface area is 124 Å². The normalized spacial score (nSPS) is 9.71. The molecule has 0 aliphatic carbocycles. The van der Waals surface area contributed by atoms with E-state index in [4.69, 9.17) is 5.11 Å². The summed E-state index contributed by atoms with van der Waals surface area (Å²) >= 11 is 0. The van der Waals surface area contributed by atoms with Gasteiger partial charge in [-0.2, -0.15) is 0 Å². The fourth-order valence-corrected chi connectivity index (χ4v) is 1.77. The molecule has 17 heavy (non-hydrogen) atoms. The van der Waals surface area contributed by atoms with Gasteiger partial charge < -0.3 is 10.2 Å². The van der Waals surface area contributed by atoms with E-state index in [0.717, 1.165) is 25.7 Å². The summed E-state index contributed by atoms with van der Waals surface area (Å²) in [6, 6.07) is 4.67. The van der Waals surface area contributed by atoms with Crippen LogP contribution in [0.1, 0.15) is 48.5 Å². The van der Waals surface area contributed by atoms with Crippen molar-refractivity contribution in [2.75, 3.05) is 0 Å². The van der Waals surface area contributed by atoms with E-state index in [2.05, 4.69) is 6.92 Å². The number of unbranched alkanes of at least 4 members (excludes halogenated alkanes) is 3. The van der Waals surface area contributed by atoms with E-state index in [1.54, 1.807) is 12.1 Å². The zero-order valence-corrected chi connectivity index (χ0v) is 12.5. The minimum Gasteiger partial charge on any atom is -0.872 e. The third-order valence-electron chi connectivity index (χ3n) is 2.63. The van der Waals surface area contributed by atoms with E-state index >= 15 is 0 Å². The molecular weight excluding hydrogens is 227 g/mol. The van der Waals surface area contributed by atoms with Gasteiger partial charge in [-0.25, -0.2) is 4.79 Å². The Bertz CT molecular complexity index is 364. The standard InChI is InChI=1S/C13H18O3.Na/c1-2-3-4-5-7-10-8-6-9-11(14)12(10)13(15)16;/h6,8-9,14H,2-5,7H2,1H3,(H,15,16);/q;+1/p-1. The van der Waals surface area contributed by atoms with Crippen molar-refractivity contribution >= 4 is 5.97 Å². The van der Waals surface area contributed by atoms with Gasteiger partial charge >= 0.3 is 35.5 Å². The number of carboxylic acid groups (broad SMARTS) is 1. The molecule has 0 bridgehead atoms. The van der Waals surface area contributed by atoms with Crippen LogP contribution in [-0.2, 0) is 6.42 Å². The van der Waals surface area contributed by atoms with Crippen LogP contribution < -0.4 is 34.7 Å². The topological polar surface area (TPSA) is 60.4 Å². The molecule has 0 aliphatic heterocycles. The van der Waals surface area contributed by atoms with Crippen LogP contribution in [0, 0.1) is 0 Å². The molecule has 0 atom stereocenters. The van der Waals surface area contributed by atoms with E-state index < -0.39 is 5.97 Å². The minimum atomic E-state index is -1.11. The van der Waals surface area contributed by atoms with Gasteiger partial charge in [0.15, 0.2) is 0 Å². The summed E-state index contributed by atoms with van der Waals surface area (Å²) in [5, 5.41) is 20.3. The number of benzene rings is 1. The quantitative estimate of drug-likeness (QED) is 0.546. The molecule has 3 nitrogen and oxygen atoms in total. The Kier molecular flexibility index (Phi) is 8.30. The predicted molar refractivity (Wildman–Crippen MR) is 60.7 cm³/mol. The summed E-state index contributed by atoms with van der Waals surface area (Å²) < 4.78 is 0. The SMILES string of the molecule is CCCCCCc1cccc([O-])c1C(=O)O.[Na+]. The van der Waals surface area contributed by atoms with Crippen LogP contribution >= 0.6 is 0 Å². The van der Waals surface area contributed by atoms with Crippen LogP contribution in [0.15, 0.2) is 18.2 Å². The average molecular weight is 244 g/mol. The number of carboxylic acids is 1. The van der Waals surface area contributed by atoms with Crippen molar-refractivity contribution in [1.82, 2.24) is 0 Å². The van der Waals surface area contributed by atoms with E-state index in [1.807, 2.05) is 0 Å². The molecule has 0 heterocycles. The Balaban J connectivity index is 0.00000256. The van der Waals surface area contributed by atoms with Crippen molar-refractivity contribution in [3.63, 3.8) is 0 Å². The Morgan fingerprint density at radius 2 is 2.00 bits per heavy atom. The molecule has 0 amide bonds. The smallest absolute Gasteiger partial charge is 0.872 e. The first-order valence-corrected chi connectivity index (χ1v) is 5.69. The molecule has 0 aromatic heterocycles. The molecule has 4 heteroatoms. The Morgan fingerprint density at radius 1 is 1.29 bits per heavy atom. The summed E-state index contributed by atoms with van der Waals surface area (Å²) in [4.78, 5) is 10.9. The largest absolute Gasteiger partial charge is 1.00 e. The van der Waals surface area contributed by atoms with Crippen molar-refractivity contribution in [3.05, 3.63) is 29.3 Å². The third kappa shape index (κ3) is 5.11. The molecule has 88 valence electrons. The van der Waals surface area contributed by atoms with Crippen LogP contribution in [0.25, 0.3) is 0 Å². The number of rotatable bonds is 6. The van der Waals surface area contributed by atoms with Crippen LogP contribution in [0.5, 0.6) is 5.75 Å². The number of aromatic carboxylic acids is 1. The first-order chi connectivity index (χ1) is 7.66. The molecule has 1 rings (SSSR count). The predicted octanol–water partition coefficient (Wildman–Crippen LogP) is -0.415. The van der Waals surface area contributed by atoms with E-state index in [0.29, 0.717) is 12.0 Å². The van der Waals surface area contributed by atoms with Crippen LogP contribution in [0.4, 0.5) is 0 Å². The monoisotopic (exact) mass is 244 g/mol. The second-order valence-corrected chi connectivity index (χ2v) is 3.91. The first-order valence-electron chi connectivity index (χ1n) is 5.69. The maximum Gasteiger partial charge on any atom is 1.00 e. The third-order valence-corrected chi connectivity index (χ3v) is 2.63. The van der Waals surface area contributed by atoms with Crippen molar-refractivity contribution in [3.8, 4) is 5.75 Å². The zero-order valence-electron chi connectivity index (χ0n) is 10.5. The van der Waals surface area contributed by atoms with E-state index in [1.165, 1.54) is 6.07 Å². The molecule has 0 radical (unpaired) electrons. The molecule has 0 saturated carbocycles. The van der Waals surface area contributed by atoms with Gasteiger partial charge in [-0.15, -0.1) is 0 Å². The second-order valence-electron chi connectivity index (χ2n) is 3.91. The van der Waals surface area contributed by atoms with Gasteiger partial charge in [0, 0.05) is 0 Å². The first kappa shape index (κ1) is 16.5. The van der Waals surface area contributed by atoms with Gasteiger partial charge in [0.1, 0.15) is 0 Å². The second kappa shape index (κ2) is 8.56. The summed E-state index contributed by atoms with van der Waals surface area (Å²) in [5.74, 6) is -1.50. The maximum atomic E-state index is 11.4. The van der Waals surface area contributed by atoms with Crippen molar-refractivity contribution in [1.29, 1.82) is 0 Å². The van der Waals surface area contributed by atoms with Crippen LogP contribution in [-0.4, -0.2) is 11.1 Å². The van der Waals surface area contributed by atoms with E-state index in [-0.39, 0.29) is 40.9 Å². The molecule has 0 spiro atoms. The molecule has 0 aliphatic rings. The molecule has 0 saturated heterocycles. The van der Waals surface area contributed by atoms with Gasteiger partial charge in [0.25, 0.3) is 0 Å². The van der Waals surface area contributed by atoms with Crippen molar-refractivity contribution in [2.45, 2.75) is 39.0 Å². The minimum absolute atomic E-state index is 0. The fraction of sp³-hybridized carbons (Fsp3) is 0.462. The molecule has 0 unspecified atom stereocenters. The van der Waals surface area contributed by atoms with Gasteiger partial charge in [0.05, 0.1) is 5.56 Å². The maximum absolute atomic E-state index is 11.4. The number of hydrogen-bond donors (Lipinski definition) is 1. The van der Waals surface area contributed by atoms with Gasteiger partial charge in [-0.05, 0) is 18.4 Å². The fourth-order valence-electron chi connectivity index (χ4n) is 1.77. The molecule has 1 N–H and O–H groups in total. The van der Waals surface area contributed by atoms with Gasteiger partial charge in [0.2, 0.25) is 0 Å². The Morgan fingerprint density at radius 3 is 2.59 bits per heavy atom. The summed E-state index contributed by atoms with van der Waals surface area (Å²) in [5.41, 5.74) is 0.607. The molecule has 1 aromatic rings. The zero-order chi connectivity index (χ0) is 12.0. The average Bonchev–Trinajstić information content (AvgIpc) is 2.24. The van der Waals surface area contributed by atoms with Gasteiger partial charge in [-0.3, -0.25) is 0 Å². The number of carbonyl (C=O) groups is 1. The number of aryl methyl sites for hydroxylation is 1. The van der Waals surface area contributed by atoms with E-state index in [9.17, 15) is 9.90 Å². The Hall–Kier alpha value is -0.510.